The van der Waals surface area contributed by atoms with Crippen LogP contribution in [0.1, 0.15) is 17.3 Å². The zero-order valence-corrected chi connectivity index (χ0v) is 10.4. The van der Waals surface area contributed by atoms with Crippen LogP contribution in [0.3, 0.4) is 0 Å². The molecule has 1 unspecified atom stereocenters. The number of hydrogen-bond acceptors (Lipinski definition) is 3. The second-order valence-corrected chi connectivity index (χ2v) is 6.32. The van der Waals surface area contributed by atoms with Gasteiger partial charge in [-0.15, -0.1) is 0 Å². The van der Waals surface area contributed by atoms with Gasteiger partial charge >= 0.3 is 5.97 Å². The van der Waals surface area contributed by atoms with Crippen molar-refractivity contribution >= 4 is 21.7 Å². The molecule has 0 amide bonds. The van der Waals surface area contributed by atoms with Crippen molar-refractivity contribution in [2.24, 2.45) is 5.92 Å². The predicted molar refractivity (Wildman–Crippen MR) is 63.7 cm³/mol. The first-order chi connectivity index (χ1) is 8.31. The zero-order valence-electron chi connectivity index (χ0n) is 9.63. The highest BCUT2D eigenvalue weighted by Crippen LogP contribution is 2.29. The number of carboxylic acids is 1. The second-order valence-electron chi connectivity index (χ2n) is 4.39. The highest BCUT2D eigenvalue weighted by molar-refractivity contribution is 7.93. The van der Waals surface area contributed by atoms with E-state index in [1.807, 2.05) is 0 Å². The molecule has 1 atom stereocenters. The molecule has 98 valence electrons. The third kappa shape index (κ3) is 2.17. The molecule has 0 spiro atoms. The summed E-state index contributed by atoms with van der Waals surface area (Å²) in [5.41, 5.74) is -0.333. The Labute approximate surface area is 104 Å². The smallest absolute Gasteiger partial charge is 0.335 e. The lowest BCUT2D eigenvalue weighted by Gasteiger charge is -2.18. The maximum Gasteiger partial charge on any atom is 0.335 e. The Kier molecular flexibility index (Phi) is 3.02. The van der Waals surface area contributed by atoms with Crippen LogP contribution in [-0.4, -0.2) is 31.8 Å². The molecule has 1 N–H and O–H groups in total. The normalized spacial score (nSPS) is 22.1. The maximum absolute atomic E-state index is 13.7. The van der Waals surface area contributed by atoms with Crippen molar-refractivity contribution in [1.82, 2.24) is 0 Å². The van der Waals surface area contributed by atoms with Crippen LogP contribution in [0, 0.1) is 11.7 Å². The van der Waals surface area contributed by atoms with E-state index < -0.39 is 21.8 Å². The monoisotopic (exact) mass is 273 g/mol. The number of nitrogens with zero attached hydrogens (tertiary/aromatic N) is 1. The Morgan fingerprint density at radius 2 is 2.17 bits per heavy atom. The minimum Gasteiger partial charge on any atom is -0.478 e. The average Bonchev–Trinajstić information content (AvgIpc) is 2.52. The number of anilines is 1. The standard InChI is InChI=1S/C11H12FNO4S/c1-7-5-13(18(16,17)6-7)10-4-8(11(14)15)2-3-9(10)12/h2-4,7H,5-6H2,1H3,(H,14,15). The molecular formula is C11H12FNO4S. The summed E-state index contributed by atoms with van der Waals surface area (Å²) in [7, 11) is -3.55. The van der Waals surface area contributed by atoms with Crippen LogP contribution in [0.2, 0.25) is 0 Å². The quantitative estimate of drug-likeness (QED) is 0.881. The summed E-state index contributed by atoms with van der Waals surface area (Å²) >= 11 is 0. The van der Waals surface area contributed by atoms with Crippen molar-refractivity contribution in [2.45, 2.75) is 6.92 Å². The van der Waals surface area contributed by atoms with Gasteiger partial charge in [0.1, 0.15) is 5.82 Å². The highest BCUT2D eigenvalue weighted by Gasteiger charge is 2.35. The molecule has 0 aliphatic carbocycles. The number of carbonyl (C=O) groups is 1. The average molecular weight is 273 g/mol. The molecule has 1 saturated heterocycles. The van der Waals surface area contributed by atoms with Gasteiger partial charge in [0.25, 0.3) is 0 Å². The van der Waals surface area contributed by atoms with Crippen molar-refractivity contribution in [3.63, 3.8) is 0 Å². The van der Waals surface area contributed by atoms with Gasteiger partial charge in [-0.2, -0.15) is 0 Å². The second kappa shape index (κ2) is 4.24. The Morgan fingerprint density at radius 3 is 2.67 bits per heavy atom. The van der Waals surface area contributed by atoms with Crippen LogP contribution in [-0.2, 0) is 10.0 Å². The lowest BCUT2D eigenvalue weighted by molar-refractivity contribution is 0.0697. The predicted octanol–water partition coefficient (Wildman–Crippen LogP) is 1.31. The van der Waals surface area contributed by atoms with Gasteiger partial charge in [-0.05, 0) is 24.1 Å². The van der Waals surface area contributed by atoms with Gasteiger partial charge in [-0.1, -0.05) is 6.92 Å². The first-order valence-corrected chi connectivity index (χ1v) is 6.95. The van der Waals surface area contributed by atoms with E-state index in [1.165, 1.54) is 0 Å². The fourth-order valence-electron chi connectivity index (χ4n) is 1.98. The van der Waals surface area contributed by atoms with Crippen molar-refractivity contribution in [3.8, 4) is 0 Å². The Bertz CT molecular complexity index is 599. The van der Waals surface area contributed by atoms with Crippen molar-refractivity contribution in [2.75, 3.05) is 16.6 Å². The van der Waals surface area contributed by atoms with E-state index in [0.717, 1.165) is 22.5 Å². The molecule has 18 heavy (non-hydrogen) atoms. The van der Waals surface area contributed by atoms with Crippen LogP contribution in [0.4, 0.5) is 10.1 Å². The number of sulfonamides is 1. The van der Waals surface area contributed by atoms with E-state index in [9.17, 15) is 17.6 Å². The van der Waals surface area contributed by atoms with E-state index in [0.29, 0.717) is 0 Å². The number of aromatic carboxylic acids is 1. The summed E-state index contributed by atoms with van der Waals surface area (Å²) in [5, 5.41) is 8.83. The van der Waals surface area contributed by atoms with Gasteiger partial charge in [-0.25, -0.2) is 17.6 Å². The van der Waals surface area contributed by atoms with Gasteiger partial charge in [0, 0.05) is 6.54 Å². The Balaban J connectivity index is 2.51. The van der Waals surface area contributed by atoms with E-state index in [-0.39, 0.29) is 29.5 Å². The molecule has 5 nitrogen and oxygen atoms in total. The molecule has 1 heterocycles. The van der Waals surface area contributed by atoms with E-state index in [4.69, 9.17) is 5.11 Å². The molecule has 7 heteroatoms. The molecule has 0 radical (unpaired) electrons. The van der Waals surface area contributed by atoms with E-state index in [2.05, 4.69) is 0 Å². The Hall–Kier alpha value is -1.63. The first-order valence-electron chi connectivity index (χ1n) is 5.34. The Morgan fingerprint density at radius 1 is 1.50 bits per heavy atom. The number of halogens is 1. The van der Waals surface area contributed by atoms with Gasteiger partial charge in [0.05, 0.1) is 17.0 Å². The topological polar surface area (TPSA) is 74.7 Å². The number of benzene rings is 1. The van der Waals surface area contributed by atoms with Crippen molar-refractivity contribution in [3.05, 3.63) is 29.6 Å². The summed E-state index contributed by atoms with van der Waals surface area (Å²) in [4.78, 5) is 10.8. The molecule has 1 aromatic carbocycles. The zero-order chi connectivity index (χ0) is 13.5. The third-order valence-corrected chi connectivity index (χ3v) is 4.78. The molecular weight excluding hydrogens is 261 g/mol. The summed E-state index contributed by atoms with van der Waals surface area (Å²) in [6, 6.07) is 3.12. The maximum atomic E-state index is 13.7. The molecule has 1 aliphatic heterocycles. The largest absolute Gasteiger partial charge is 0.478 e. The fourth-order valence-corrected chi connectivity index (χ4v) is 3.91. The SMILES string of the molecule is CC1CN(c2cc(C(=O)O)ccc2F)S(=O)(=O)C1. The molecule has 1 aliphatic rings. The number of hydrogen-bond donors (Lipinski definition) is 1. The molecule has 0 bridgehead atoms. The van der Waals surface area contributed by atoms with Crippen LogP contribution < -0.4 is 4.31 Å². The lowest BCUT2D eigenvalue weighted by atomic mass is 10.1. The van der Waals surface area contributed by atoms with Gasteiger partial charge in [-0.3, -0.25) is 4.31 Å². The van der Waals surface area contributed by atoms with Gasteiger partial charge in [0.2, 0.25) is 10.0 Å². The van der Waals surface area contributed by atoms with Gasteiger partial charge in [0.15, 0.2) is 0 Å². The van der Waals surface area contributed by atoms with Crippen LogP contribution in [0.25, 0.3) is 0 Å². The molecule has 1 fully saturated rings. The minimum atomic E-state index is -3.55. The van der Waals surface area contributed by atoms with E-state index in [1.54, 1.807) is 6.92 Å². The van der Waals surface area contributed by atoms with Crippen molar-refractivity contribution < 1.29 is 22.7 Å². The summed E-state index contributed by atoms with van der Waals surface area (Å²) in [6.45, 7) is 1.92. The van der Waals surface area contributed by atoms with Gasteiger partial charge < -0.3 is 5.11 Å². The molecule has 0 aromatic heterocycles. The lowest BCUT2D eigenvalue weighted by Crippen LogP contribution is -2.26. The summed E-state index contributed by atoms with van der Waals surface area (Å²) in [6.07, 6.45) is 0. The minimum absolute atomic E-state index is 0.0518. The van der Waals surface area contributed by atoms with Crippen LogP contribution in [0.5, 0.6) is 0 Å². The third-order valence-electron chi connectivity index (χ3n) is 2.77. The van der Waals surface area contributed by atoms with Crippen molar-refractivity contribution in [1.29, 1.82) is 0 Å². The molecule has 0 saturated carbocycles. The summed E-state index contributed by atoms with van der Waals surface area (Å²) < 4.78 is 38.2. The number of carboxylic acid groups (broad SMARTS) is 1. The molecule has 2 rings (SSSR count). The van der Waals surface area contributed by atoms with E-state index >= 15 is 0 Å². The molecule has 1 aromatic rings. The van der Waals surface area contributed by atoms with Crippen LogP contribution in [0.15, 0.2) is 18.2 Å². The summed E-state index contributed by atoms with van der Waals surface area (Å²) in [5.74, 6) is -2.12. The highest BCUT2D eigenvalue weighted by atomic mass is 32.2. The fraction of sp³-hybridized carbons (Fsp3) is 0.364. The van der Waals surface area contributed by atoms with Crippen LogP contribution >= 0.6 is 0 Å². The number of rotatable bonds is 2. The first kappa shape index (κ1) is 12.8.